The molecule has 0 aliphatic rings. The Morgan fingerprint density at radius 1 is 0.833 bits per heavy atom. The van der Waals surface area contributed by atoms with E-state index in [1.165, 1.54) is 22.3 Å². The van der Waals surface area contributed by atoms with Gasteiger partial charge in [0.2, 0.25) is 0 Å². The summed E-state index contributed by atoms with van der Waals surface area (Å²) in [5, 5.41) is 9.78. The minimum Gasteiger partial charge on any atom is -0.508 e. The van der Waals surface area contributed by atoms with Crippen LogP contribution in [-0.2, 0) is 0 Å². The van der Waals surface area contributed by atoms with Gasteiger partial charge in [-0.2, -0.15) is 0 Å². The van der Waals surface area contributed by atoms with Crippen LogP contribution in [0.2, 0.25) is 0 Å². The highest BCUT2D eigenvalue weighted by molar-refractivity contribution is 5.98. The maximum atomic E-state index is 9.78. The minimum atomic E-state index is 0.00159. The zero-order valence-corrected chi connectivity index (χ0v) is 18.5. The number of phenols is 1. The summed E-state index contributed by atoms with van der Waals surface area (Å²) in [7, 11) is 4.00. The van der Waals surface area contributed by atoms with Crippen molar-refractivity contribution < 1.29 is 9.84 Å². The van der Waals surface area contributed by atoms with Gasteiger partial charge in [-0.3, -0.25) is 4.90 Å². The van der Waals surface area contributed by atoms with Crippen molar-refractivity contribution in [2.45, 2.75) is 33.4 Å². The molecule has 1 atom stereocenters. The molecule has 0 heterocycles. The lowest BCUT2D eigenvalue weighted by molar-refractivity contribution is 0.0815. The highest BCUT2D eigenvalue weighted by Gasteiger charge is 2.14. The number of aryl methyl sites for hydroxylation is 1. The average Bonchev–Trinajstić information content (AvgIpc) is 2.74. The molecule has 0 fully saturated rings. The van der Waals surface area contributed by atoms with Crippen molar-refractivity contribution in [3.8, 4) is 11.5 Å². The zero-order chi connectivity index (χ0) is 21.7. The van der Waals surface area contributed by atoms with E-state index in [0.717, 1.165) is 23.3 Å². The second-order valence-electron chi connectivity index (χ2n) is 7.83. The standard InChI is InChI=1S/C27H31NO2/c1-6-26(21-9-7-19(2)8-10-21)27(22-11-15-24(29)16-12-22)23-13-17-25(18-14-23)30-20(3)28(4)5/h7-18,20,29H,6H2,1-5H3/b27-26-. The van der Waals surface area contributed by atoms with Crippen molar-refractivity contribution in [1.29, 1.82) is 0 Å². The SMILES string of the molecule is CC/C(=C(\c1ccc(O)cc1)c1ccc(OC(C)N(C)C)cc1)c1ccc(C)cc1. The van der Waals surface area contributed by atoms with Crippen LogP contribution < -0.4 is 4.74 Å². The Hall–Kier alpha value is -3.04. The molecule has 0 radical (unpaired) electrons. The van der Waals surface area contributed by atoms with Crippen molar-refractivity contribution in [1.82, 2.24) is 4.90 Å². The third kappa shape index (κ3) is 5.11. The monoisotopic (exact) mass is 401 g/mol. The van der Waals surface area contributed by atoms with E-state index in [1.807, 2.05) is 50.2 Å². The predicted octanol–water partition coefficient (Wildman–Crippen LogP) is 6.36. The number of aromatic hydroxyl groups is 1. The lowest BCUT2D eigenvalue weighted by Crippen LogP contribution is -2.30. The van der Waals surface area contributed by atoms with Crippen LogP contribution in [0.3, 0.4) is 0 Å². The van der Waals surface area contributed by atoms with E-state index >= 15 is 0 Å². The number of hydrogen-bond acceptors (Lipinski definition) is 3. The van der Waals surface area contributed by atoms with E-state index in [0.29, 0.717) is 0 Å². The molecule has 0 amide bonds. The van der Waals surface area contributed by atoms with Crippen LogP contribution in [-0.4, -0.2) is 30.3 Å². The van der Waals surface area contributed by atoms with Crippen molar-refractivity contribution in [3.05, 3.63) is 95.1 Å². The van der Waals surface area contributed by atoms with Crippen molar-refractivity contribution >= 4 is 11.1 Å². The second kappa shape index (κ2) is 9.64. The molecular weight excluding hydrogens is 370 g/mol. The van der Waals surface area contributed by atoms with Gasteiger partial charge < -0.3 is 9.84 Å². The highest BCUT2D eigenvalue weighted by atomic mass is 16.5. The zero-order valence-electron chi connectivity index (χ0n) is 18.5. The second-order valence-corrected chi connectivity index (χ2v) is 7.83. The number of benzene rings is 3. The third-order valence-corrected chi connectivity index (χ3v) is 5.39. The van der Waals surface area contributed by atoms with Crippen LogP contribution >= 0.6 is 0 Å². The Bertz CT molecular complexity index is 985. The fraction of sp³-hybridized carbons (Fsp3) is 0.259. The molecule has 0 spiro atoms. The van der Waals surface area contributed by atoms with Gasteiger partial charge in [-0.15, -0.1) is 0 Å². The maximum absolute atomic E-state index is 9.78. The Kier molecular flexibility index (Phi) is 6.96. The summed E-state index contributed by atoms with van der Waals surface area (Å²) in [5.41, 5.74) is 7.12. The number of rotatable bonds is 7. The lowest BCUT2D eigenvalue weighted by atomic mass is 9.88. The molecule has 0 bridgehead atoms. The smallest absolute Gasteiger partial charge is 0.149 e. The first-order valence-electron chi connectivity index (χ1n) is 10.4. The fourth-order valence-corrected chi connectivity index (χ4v) is 3.43. The maximum Gasteiger partial charge on any atom is 0.149 e. The van der Waals surface area contributed by atoms with E-state index in [-0.39, 0.29) is 12.0 Å². The van der Waals surface area contributed by atoms with Gasteiger partial charge in [-0.1, -0.05) is 61.0 Å². The first kappa shape index (κ1) is 21.7. The summed E-state index contributed by atoms with van der Waals surface area (Å²) in [5.74, 6) is 1.12. The summed E-state index contributed by atoms with van der Waals surface area (Å²) in [6.45, 7) is 6.32. The third-order valence-electron chi connectivity index (χ3n) is 5.39. The minimum absolute atomic E-state index is 0.00159. The van der Waals surface area contributed by atoms with Crippen molar-refractivity contribution in [2.24, 2.45) is 0 Å². The number of phenolic OH excluding ortho intramolecular Hbond substituents is 1. The average molecular weight is 402 g/mol. The first-order chi connectivity index (χ1) is 14.4. The molecular formula is C27H31NO2. The molecule has 0 saturated heterocycles. The van der Waals surface area contributed by atoms with Gasteiger partial charge in [0.05, 0.1) is 0 Å². The largest absolute Gasteiger partial charge is 0.508 e. The van der Waals surface area contributed by atoms with Crippen LogP contribution in [0.1, 0.15) is 42.5 Å². The molecule has 3 aromatic rings. The van der Waals surface area contributed by atoms with Gasteiger partial charge in [-0.25, -0.2) is 0 Å². The molecule has 0 saturated carbocycles. The molecule has 156 valence electrons. The van der Waals surface area contributed by atoms with Gasteiger partial charge in [0.15, 0.2) is 0 Å². The Morgan fingerprint density at radius 2 is 1.33 bits per heavy atom. The Morgan fingerprint density at radius 3 is 1.83 bits per heavy atom. The molecule has 0 aliphatic carbocycles. The molecule has 0 aromatic heterocycles. The molecule has 0 aliphatic heterocycles. The quantitative estimate of drug-likeness (QED) is 0.369. The van der Waals surface area contributed by atoms with Gasteiger partial charge in [0, 0.05) is 0 Å². The van der Waals surface area contributed by atoms with Gasteiger partial charge >= 0.3 is 0 Å². The molecule has 3 heteroatoms. The predicted molar refractivity (Wildman–Crippen MR) is 126 cm³/mol. The number of nitrogens with zero attached hydrogens (tertiary/aromatic N) is 1. The summed E-state index contributed by atoms with van der Waals surface area (Å²) >= 11 is 0. The summed E-state index contributed by atoms with van der Waals surface area (Å²) in [6.07, 6.45) is 0.900. The van der Waals surface area contributed by atoms with Crippen LogP contribution in [0.25, 0.3) is 11.1 Å². The van der Waals surface area contributed by atoms with E-state index in [2.05, 4.69) is 50.2 Å². The molecule has 3 nitrogen and oxygen atoms in total. The lowest BCUT2D eigenvalue weighted by Gasteiger charge is -2.22. The number of hydrogen-bond donors (Lipinski definition) is 1. The van der Waals surface area contributed by atoms with Gasteiger partial charge in [0.25, 0.3) is 0 Å². The van der Waals surface area contributed by atoms with Crippen LogP contribution in [0.5, 0.6) is 11.5 Å². The number of ether oxygens (including phenoxy) is 1. The normalized spacial score (nSPS) is 13.1. The topological polar surface area (TPSA) is 32.7 Å². The Labute approximate surface area is 180 Å². The van der Waals surface area contributed by atoms with Crippen molar-refractivity contribution in [2.75, 3.05) is 14.1 Å². The van der Waals surface area contributed by atoms with E-state index < -0.39 is 0 Å². The van der Waals surface area contributed by atoms with Crippen LogP contribution in [0, 0.1) is 6.92 Å². The first-order valence-corrected chi connectivity index (χ1v) is 10.4. The molecule has 1 unspecified atom stereocenters. The van der Waals surface area contributed by atoms with Gasteiger partial charge in [-0.05, 0) is 86.5 Å². The molecule has 3 rings (SSSR count). The summed E-state index contributed by atoms with van der Waals surface area (Å²) in [6, 6.07) is 24.4. The van der Waals surface area contributed by atoms with E-state index in [9.17, 15) is 5.11 Å². The van der Waals surface area contributed by atoms with E-state index in [1.54, 1.807) is 12.1 Å². The van der Waals surface area contributed by atoms with Crippen LogP contribution in [0.15, 0.2) is 72.8 Å². The molecule has 30 heavy (non-hydrogen) atoms. The van der Waals surface area contributed by atoms with E-state index in [4.69, 9.17) is 4.74 Å². The highest BCUT2D eigenvalue weighted by Crippen LogP contribution is 2.35. The molecule has 1 N–H and O–H groups in total. The Balaban J connectivity index is 2.10. The van der Waals surface area contributed by atoms with Gasteiger partial charge in [0.1, 0.15) is 17.7 Å². The van der Waals surface area contributed by atoms with Crippen molar-refractivity contribution in [3.63, 3.8) is 0 Å². The summed E-state index contributed by atoms with van der Waals surface area (Å²) < 4.78 is 5.99. The number of allylic oxidation sites excluding steroid dienone is 1. The van der Waals surface area contributed by atoms with Crippen LogP contribution in [0.4, 0.5) is 0 Å². The fourth-order valence-electron chi connectivity index (χ4n) is 3.43. The molecule has 3 aromatic carbocycles. The summed E-state index contributed by atoms with van der Waals surface area (Å²) in [4.78, 5) is 2.03.